The first-order chi connectivity index (χ1) is 9.29. The molecule has 0 radical (unpaired) electrons. The largest absolute Gasteiger partial charge is 0.355 e. The van der Waals surface area contributed by atoms with E-state index in [1.807, 2.05) is 18.2 Å². The number of hydrogen-bond donors (Lipinski definition) is 1. The average Bonchev–Trinajstić information content (AvgIpc) is 2.49. The van der Waals surface area contributed by atoms with Crippen LogP contribution in [0.3, 0.4) is 0 Å². The van der Waals surface area contributed by atoms with Crippen LogP contribution in [0.25, 0.3) is 0 Å². The third-order valence-corrected chi connectivity index (χ3v) is 4.28. The topological polar surface area (TPSA) is 29.1 Å². The summed E-state index contributed by atoms with van der Waals surface area (Å²) >= 11 is 0. The molecule has 0 unspecified atom stereocenters. The molecule has 0 aliphatic heterocycles. The number of benzene rings is 1. The predicted octanol–water partition coefficient (Wildman–Crippen LogP) is 3.80. The van der Waals surface area contributed by atoms with E-state index in [0.29, 0.717) is 0 Å². The molecule has 1 aliphatic carbocycles. The van der Waals surface area contributed by atoms with Gasteiger partial charge in [0.15, 0.2) is 0 Å². The zero-order valence-electron chi connectivity index (χ0n) is 12.0. The highest BCUT2D eigenvalue weighted by Crippen LogP contribution is 2.39. The van der Waals surface area contributed by atoms with Crippen molar-refractivity contribution in [1.82, 2.24) is 5.32 Å². The number of unbranched alkanes of at least 4 members (excludes halogenated alkanes) is 1. The summed E-state index contributed by atoms with van der Waals surface area (Å²) in [6, 6.07) is 10.3. The second-order valence-corrected chi connectivity index (χ2v) is 5.62. The fourth-order valence-electron chi connectivity index (χ4n) is 3.11. The first kappa shape index (κ1) is 14.1. The number of carbonyl (C=O) groups is 1. The van der Waals surface area contributed by atoms with Gasteiger partial charge in [0.05, 0.1) is 5.41 Å². The van der Waals surface area contributed by atoms with Crippen molar-refractivity contribution in [2.75, 3.05) is 6.54 Å². The fourth-order valence-corrected chi connectivity index (χ4v) is 3.11. The van der Waals surface area contributed by atoms with Crippen LogP contribution in [-0.4, -0.2) is 12.5 Å². The first-order valence-electron chi connectivity index (χ1n) is 7.63. The number of carbonyl (C=O) groups excluding carboxylic acids is 1. The fraction of sp³-hybridized carbons (Fsp3) is 0.588. The lowest BCUT2D eigenvalue weighted by Crippen LogP contribution is -2.46. The first-order valence-corrected chi connectivity index (χ1v) is 7.63. The Morgan fingerprint density at radius 2 is 1.84 bits per heavy atom. The third kappa shape index (κ3) is 3.17. The summed E-state index contributed by atoms with van der Waals surface area (Å²) in [5.41, 5.74) is 0.927. The molecule has 1 aromatic rings. The molecule has 1 aromatic carbocycles. The Kier molecular flexibility index (Phi) is 5.00. The molecule has 2 rings (SSSR count). The predicted molar refractivity (Wildman–Crippen MR) is 79.1 cm³/mol. The number of amides is 1. The highest BCUT2D eigenvalue weighted by Gasteiger charge is 2.40. The maximum absolute atomic E-state index is 12.7. The van der Waals surface area contributed by atoms with Gasteiger partial charge in [0.2, 0.25) is 5.91 Å². The van der Waals surface area contributed by atoms with Gasteiger partial charge in [0.1, 0.15) is 0 Å². The lowest BCUT2D eigenvalue weighted by Gasteiger charge is -2.36. The summed E-state index contributed by atoms with van der Waals surface area (Å²) in [4.78, 5) is 12.7. The van der Waals surface area contributed by atoms with Gasteiger partial charge in [-0.05, 0) is 24.8 Å². The lowest BCUT2D eigenvalue weighted by atomic mass is 9.68. The van der Waals surface area contributed by atoms with Gasteiger partial charge in [0, 0.05) is 6.54 Å². The molecule has 1 fully saturated rings. The van der Waals surface area contributed by atoms with Crippen molar-refractivity contribution >= 4 is 5.91 Å². The van der Waals surface area contributed by atoms with Crippen molar-refractivity contribution in [3.63, 3.8) is 0 Å². The Hall–Kier alpha value is -1.31. The minimum Gasteiger partial charge on any atom is -0.355 e. The second kappa shape index (κ2) is 6.74. The van der Waals surface area contributed by atoms with Crippen LogP contribution in [0.1, 0.15) is 57.4 Å². The second-order valence-electron chi connectivity index (χ2n) is 5.62. The van der Waals surface area contributed by atoms with Crippen LogP contribution < -0.4 is 5.32 Å². The normalized spacial score (nSPS) is 17.9. The standard InChI is InChI=1S/C17H25NO/c1-2-3-14-18-16(19)17(12-8-5-9-13-17)15-10-6-4-7-11-15/h4,6-7,10-11H,2-3,5,8-9,12-14H2,1H3,(H,18,19). The Morgan fingerprint density at radius 1 is 1.16 bits per heavy atom. The summed E-state index contributed by atoms with van der Waals surface area (Å²) in [6.07, 6.45) is 7.77. The van der Waals surface area contributed by atoms with E-state index in [1.54, 1.807) is 0 Å². The van der Waals surface area contributed by atoms with Crippen molar-refractivity contribution in [3.8, 4) is 0 Å². The van der Waals surface area contributed by atoms with Crippen LogP contribution >= 0.6 is 0 Å². The molecule has 104 valence electrons. The molecule has 0 saturated heterocycles. The van der Waals surface area contributed by atoms with Crippen molar-refractivity contribution < 1.29 is 4.79 Å². The van der Waals surface area contributed by atoms with E-state index >= 15 is 0 Å². The van der Waals surface area contributed by atoms with Crippen LogP contribution in [0.2, 0.25) is 0 Å². The summed E-state index contributed by atoms with van der Waals surface area (Å²) in [5.74, 6) is 0.242. The van der Waals surface area contributed by atoms with E-state index in [1.165, 1.54) is 12.0 Å². The molecule has 0 aromatic heterocycles. The van der Waals surface area contributed by atoms with E-state index in [9.17, 15) is 4.79 Å². The third-order valence-electron chi connectivity index (χ3n) is 4.28. The monoisotopic (exact) mass is 259 g/mol. The summed E-state index contributed by atoms with van der Waals surface area (Å²) in [5, 5.41) is 3.15. The average molecular weight is 259 g/mol. The SMILES string of the molecule is CCCCNC(=O)C1(c2ccccc2)CCCCC1. The smallest absolute Gasteiger partial charge is 0.230 e. The van der Waals surface area contributed by atoms with Crippen LogP contribution in [0.5, 0.6) is 0 Å². The molecule has 0 bridgehead atoms. The Balaban J connectivity index is 2.17. The van der Waals surface area contributed by atoms with Crippen LogP contribution in [-0.2, 0) is 10.2 Å². The molecule has 1 saturated carbocycles. The molecule has 1 N–H and O–H groups in total. The van der Waals surface area contributed by atoms with Crippen molar-refractivity contribution in [2.45, 2.75) is 57.3 Å². The van der Waals surface area contributed by atoms with Crippen LogP contribution in [0.4, 0.5) is 0 Å². The van der Waals surface area contributed by atoms with Crippen molar-refractivity contribution in [3.05, 3.63) is 35.9 Å². The molecular weight excluding hydrogens is 234 g/mol. The van der Waals surface area contributed by atoms with Gasteiger partial charge in [-0.15, -0.1) is 0 Å². The molecular formula is C17H25NO. The molecule has 2 heteroatoms. The van der Waals surface area contributed by atoms with Crippen molar-refractivity contribution in [1.29, 1.82) is 0 Å². The quantitative estimate of drug-likeness (QED) is 0.801. The summed E-state index contributed by atoms with van der Waals surface area (Å²) in [7, 11) is 0. The van der Waals surface area contributed by atoms with Crippen molar-refractivity contribution in [2.24, 2.45) is 0 Å². The van der Waals surface area contributed by atoms with Crippen LogP contribution in [0.15, 0.2) is 30.3 Å². The van der Waals surface area contributed by atoms with Gasteiger partial charge in [-0.1, -0.05) is 62.9 Å². The van der Waals surface area contributed by atoms with Gasteiger partial charge in [0.25, 0.3) is 0 Å². The van der Waals surface area contributed by atoms with E-state index < -0.39 is 0 Å². The number of rotatable bonds is 5. The Morgan fingerprint density at radius 3 is 2.47 bits per heavy atom. The molecule has 0 heterocycles. The maximum Gasteiger partial charge on any atom is 0.230 e. The molecule has 2 nitrogen and oxygen atoms in total. The van der Waals surface area contributed by atoms with Gasteiger partial charge in [-0.3, -0.25) is 4.79 Å². The highest BCUT2D eigenvalue weighted by molar-refractivity contribution is 5.88. The zero-order chi connectivity index (χ0) is 13.6. The van der Waals surface area contributed by atoms with Gasteiger partial charge >= 0.3 is 0 Å². The van der Waals surface area contributed by atoms with Gasteiger partial charge in [-0.2, -0.15) is 0 Å². The minimum absolute atomic E-state index is 0.242. The van der Waals surface area contributed by atoms with E-state index in [0.717, 1.165) is 45.1 Å². The molecule has 0 spiro atoms. The number of nitrogens with one attached hydrogen (secondary N) is 1. The zero-order valence-corrected chi connectivity index (χ0v) is 12.0. The van der Waals surface area contributed by atoms with E-state index in [2.05, 4.69) is 24.4 Å². The van der Waals surface area contributed by atoms with Crippen LogP contribution in [0, 0.1) is 0 Å². The Labute approximate surface area is 116 Å². The lowest BCUT2D eigenvalue weighted by molar-refractivity contribution is -0.128. The molecule has 19 heavy (non-hydrogen) atoms. The molecule has 1 aliphatic rings. The summed E-state index contributed by atoms with van der Waals surface area (Å²) < 4.78 is 0. The minimum atomic E-state index is -0.271. The Bertz CT molecular complexity index is 393. The maximum atomic E-state index is 12.7. The van der Waals surface area contributed by atoms with E-state index in [4.69, 9.17) is 0 Å². The summed E-state index contributed by atoms with van der Waals surface area (Å²) in [6.45, 7) is 2.96. The highest BCUT2D eigenvalue weighted by atomic mass is 16.2. The molecule has 1 amide bonds. The molecule has 0 atom stereocenters. The number of hydrogen-bond acceptors (Lipinski definition) is 1. The van der Waals surface area contributed by atoms with Gasteiger partial charge < -0.3 is 5.32 Å². The van der Waals surface area contributed by atoms with E-state index in [-0.39, 0.29) is 11.3 Å². The van der Waals surface area contributed by atoms with Gasteiger partial charge in [-0.25, -0.2) is 0 Å².